The van der Waals surface area contributed by atoms with E-state index < -0.39 is 5.97 Å². The number of esters is 1. The van der Waals surface area contributed by atoms with Gasteiger partial charge in [0.1, 0.15) is 0 Å². The molecule has 0 aromatic carbocycles. The van der Waals surface area contributed by atoms with Crippen molar-refractivity contribution in [2.45, 2.75) is 98.8 Å². The maximum Gasteiger partial charge on any atom is 0.376 e. The third-order valence-electron chi connectivity index (χ3n) is 6.29. The minimum Gasteiger partial charge on any atom is -0.460 e. The van der Waals surface area contributed by atoms with Crippen LogP contribution in [0.5, 0.6) is 0 Å². The van der Waals surface area contributed by atoms with Crippen LogP contribution in [0.25, 0.3) is 6.08 Å². The minimum atomic E-state index is -0.440. The van der Waals surface area contributed by atoms with E-state index in [0.29, 0.717) is 6.61 Å². The van der Waals surface area contributed by atoms with E-state index >= 15 is 0 Å². The van der Waals surface area contributed by atoms with Gasteiger partial charge < -0.3 is 4.74 Å². The van der Waals surface area contributed by atoms with Crippen LogP contribution in [0, 0.1) is 5.41 Å². The predicted molar refractivity (Wildman–Crippen MR) is 133 cm³/mol. The molecule has 1 heterocycles. The van der Waals surface area contributed by atoms with E-state index in [9.17, 15) is 4.79 Å². The highest BCUT2D eigenvalue weighted by Crippen LogP contribution is 2.40. The molecule has 1 aromatic rings. The largest absolute Gasteiger partial charge is 0.460 e. The zero-order valence-electron chi connectivity index (χ0n) is 20.9. The highest BCUT2D eigenvalue weighted by Gasteiger charge is 2.26. The second kappa shape index (κ2) is 13.3. The molecule has 0 unspecified atom stereocenters. The molecule has 0 amide bonds. The number of carbonyl (C=O) groups excluding carboxylic acids is 1. The summed E-state index contributed by atoms with van der Waals surface area (Å²) in [6.45, 7) is 11.6. The Bertz CT molecular complexity index is 816. The lowest BCUT2D eigenvalue weighted by molar-refractivity contribution is 0.0483. The molecule has 0 radical (unpaired) electrons. The van der Waals surface area contributed by atoms with Gasteiger partial charge >= 0.3 is 5.97 Å². The number of nitrogens with zero attached hydrogens (tertiary/aromatic N) is 2. The van der Waals surface area contributed by atoms with E-state index in [1.165, 1.54) is 62.5 Å². The summed E-state index contributed by atoms with van der Waals surface area (Å²) >= 11 is 0. The highest BCUT2D eigenvalue weighted by atomic mass is 16.5. The van der Waals surface area contributed by atoms with Crippen LogP contribution in [-0.4, -0.2) is 22.5 Å². The molecule has 2 rings (SSSR count). The summed E-state index contributed by atoms with van der Waals surface area (Å²) < 4.78 is 5.32. The van der Waals surface area contributed by atoms with Crippen molar-refractivity contribution >= 4 is 12.0 Å². The van der Waals surface area contributed by atoms with Crippen LogP contribution in [0.3, 0.4) is 0 Å². The van der Waals surface area contributed by atoms with E-state index in [1.807, 2.05) is 6.08 Å². The molecule has 0 fully saturated rings. The molecule has 4 heteroatoms. The Kier molecular flexibility index (Phi) is 10.9. The number of ether oxygens (including phenoxy) is 1. The lowest BCUT2D eigenvalue weighted by Crippen LogP contribution is -2.19. The summed E-state index contributed by atoms with van der Waals surface area (Å²) in [7, 11) is 0. The quantitative estimate of drug-likeness (QED) is 0.189. The maximum absolute atomic E-state index is 12.1. The van der Waals surface area contributed by atoms with E-state index in [2.05, 4.69) is 56.7 Å². The second-order valence-electron chi connectivity index (χ2n) is 9.75. The van der Waals surface area contributed by atoms with Crippen molar-refractivity contribution in [2.75, 3.05) is 6.61 Å². The van der Waals surface area contributed by atoms with E-state index in [-0.39, 0.29) is 11.2 Å². The Morgan fingerprint density at radius 2 is 1.75 bits per heavy atom. The first kappa shape index (κ1) is 26.0. The fraction of sp³-hybridized carbons (Fsp3) is 0.607. The average Bonchev–Trinajstić information content (AvgIpc) is 2.75. The Hall–Kier alpha value is -2.23. The smallest absolute Gasteiger partial charge is 0.376 e. The van der Waals surface area contributed by atoms with Crippen LogP contribution < -0.4 is 0 Å². The van der Waals surface area contributed by atoms with Gasteiger partial charge in [0, 0.05) is 18.0 Å². The van der Waals surface area contributed by atoms with Gasteiger partial charge in [0.05, 0.1) is 6.61 Å². The fourth-order valence-corrected chi connectivity index (χ4v) is 4.34. The summed E-state index contributed by atoms with van der Waals surface area (Å²) in [5, 5.41) is 0. The molecule has 1 aromatic heterocycles. The monoisotopic (exact) mass is 438 g/mol. The molecule has 0 saturated heterocycles. The molecule has 0 spiro atoms. The van der Waals surface area contributed by atoms with Crippen molar-refractivity contribution in [1.82, 2.24) is 9.97 Å². The number of allylic oxidation sites excluding steroid dienone is 5. The highest BCUT2D eigenvalue weighted by molar-refractivity contribution is 5.85. The van der Waals surface area contributed by atoms with Gasteiger partial charge in [0.15, 0.2) is 0 Å². The molecule has 176 valence electrons. The number of hydrogen-bond donors (Lipinski definition) is 0. The first-order valence-electron chi connectivity index (χ1n) is 12.4. The molecule has 4 nitrogen and oxygen atoms in total. The first-order chi connectivity index (χ1) is 15.3. The zero-order chi connectivity index (χ0) is 23.4. The van der Waals surface area contributed by atoms with Gasteiger partial charge in [-0.25, -0.2) is 14.8 Å². The van der Waals surface area contributed by atoms with Crippen molar-refractivity contribution in [2.24, 2.45) is 5.41 Å². The van der Waals surface area contributed by atoms with Crippen LogP contribution >= 0.6 is 0 Å². The third-order valence-corrected chi connectivity index (χ3v) is 6.29. The van der Waals surface area contributed by atoms with Crippen LogP contribution in [0.4, 0.5) is 0 Å². The summed E-state index contributed by atoms with van der Waals surface area (Å²) in [5.41, 5.74) is 5.19. The molecule has 1 aliphatic carbocycles. The minimum absolute atomic E-state index is 0.128. The Morgan fingerprint density at radius 1 is 1.09 bits per heavy atom. The molecule has 0 N–H and O–H groups in total. The van der Waals surface area contributed by atoms with E-state index in [0.717, 1.165) is 24.0 Å². The van der Waals surface area contributed by atoms with E-state index in [4.69, 9.17) is 4.74 Å². The molecule has 1 aliphatic rings. The lowest BCUT2D eigenvalue weighted by Gasteiger charge is -2.32. The van der Waals surface area contributed by atoms with Gasteiger partial charge in [-0.3, -0.25) is 0 Å². The Balaban J connectivity index is 1.82. The topological polar surface area (TPSA) is 52.1 Å². The summed E-state index contributed by atoms with van der Waals surface area (Å²) in [4.78, 5) is 20.5. The van der Waals surface area contributed by atoms with Crippen molar-refractivity contribution in [3.63, 3.8) is 0 Å². The van der Waals surface area contributed by atoms with Gasteiger partial charge in [0.2, 0.25) is 5.82 Å². The average molecular weight is 439 g/mol. The second-order valence-corrected chi connectivity index (χ2v) is 9.75. The zero-order valence-corrected chi connectivity index (χ0v) is 20.9. The molecule has 0 bridgehead atoms. The number of hydrogen-bond acceptors (Lipinski definition) is 4. The van der Waals surface area contributed by atoms with Gasteiger partial charge in [-0.1, -0.05) is 82.6 Å². The Labute approximate surface area is 195 Å². The first-order valence-corrected chi connectivity index (χ1v) is 12.4. The summed E-state index contributed by atoms with van der Waals surface area (Å²) in [6.07, 6.45) is 21.9. The maximum atomic E-state index is 12.1. The number of unbranched alkanes of at least 4 members (excludes halogenated alkanes) is 6. The lowest BCUT2D eigenvalue weighted by atomic mass is 9.72. The normalized spacial score (nSPS) is 16.6. The molecule has 0 atom stereocenters. The Morgan fingerprint density at radius 3 is 2.41 bits per heavy atom. The van der Waals surface area contributed by atoms with Crippen LogP contribution in [0.2, 0.25) is 0 Å². The fourth-order valence-electron chi connectivity index (χ4n) is 4.34. The van der Waals surface area contributed by atoms with E-state index in [1.54, 1.807) is 12.4 Å². The van der Waals surface area contributed by atoms with Crippen molar-refractivity contribution in [3.05, 3.63) is 52.7 Å². The predicted octanol–water partition coefficient (Wildman–Crippen LogP) is 7.87. The molecule has 32 heavy (non-hydrogen) atoms. The molecular weight excluding hydrogens is 396 g/mol. The van der Waals surface area contributed by atoms with Crippen molar-refractivity contribution in [3.8, 4) is 0 Å². The molecule has 0 aliphatic heterocycles. The van der Waals surface area contributed by atoms with Crippen LogP contribution in [-0.2, 0) is 4.74 Å². The standard InChI is InChI=1S/C28H42N2O2/c1-6-7-8-9-10-11-12-18-32-27(31)26-29-20-24(21-30-26)19-22(2)15-16-25-23(3)14-13-17-28(25,4)5/h15-16,19-21H,6-14,17-18H2,1-5H3/b16-15?,22-19+. The van der Waals surface area contributed by atoms with Crippen molar-refractivity contribution < 1.29 is 9.53 Å². The van der Waals surface area contributed by atoms with Gasteiger partial charge in [-0.15, -0.1) is 0 Å². The summed E-state index contributed by atoms with van der Waals surface area (Å²) in [6, 6.07) is 0. The third kappa shape index (κ3) is 8.72. The van der Waals surface area contributed by atoms with Gasteiger partial charge in [-0.2, -0.15) is 0 Å². The van der Waals surface area contributed by atoms with Gasteiger partial charge in [-0.05, 0) is 56.6 Å². The van der Waals surface area contributed by atoms with Crippen molar-refractivity contribution in [1.29, 1.82) is 0 Å². The number of carbonyl (C=O) groups is 1. The molecule has 0 saturated carbocycles. The van der Waals surface area contributed by atoms with Crippen LogP contribution in [0.1, 0.15) is 115 Å². The number of aromatic nitrogens is 2. The van der Waals surface area contributed by atoms with Crippen LogP contribution in [0.15, 0.2) is 41.3 Å². The number of rotatable bonds is 12. The van der Waals surface area contributed by atoms with Gasteiger partial charge in [0.25, 0.3) is 0 Å². The molecular formula is C28H42N2O2. The summed E-state index contributed by atoms with van der Waals surface area (Å²) in [5.74, 6) is -0.312. The SMILES string of the molecule is CCCCCCCCCOC(=O)c1ncc(/C=C(\C)C=CC2=C(C)CCCC2(C)C)cn1.